The van der Waals surface area contributed by atoms with Crippen LogP contribution in [0.3, 0.4) is 0 Å². The van der Waals surface area contributed by atoms with Crippen molar-refractivity contribution in [2.45, 2.75) is 69.1 Å². The molecule has 0 aliphatic heterocycles. The highest BCUT2D eigenvalue weighted by molar-refractivity contribution is 7.99. The highest BCUT2D eigenvalue weighted by atomic mass is 32.2. The topological polar surface area (TPSA) is 65.2 Å². The average molecular weight is 336 g/mol. The van der Waals surface area contributed by atoms with Gasteiger partial charge in [-0.05, 0) is 70.1 Å². The van der Waals surface area contributed by atoms with Crippen molar-refractivity contribution in [1.29, 1.82) is 0 Å². The minimum absolute atomic E-state index is 0.0895. The third kappa shape index (κ3) is 3.02. The van der Waals surface area contributed by atoms with Crippen LogP contribution in [0.2, 0.25) is 0 Å². The van der Waals surface area contributed by atoms with Gasteiger partial charge in [-0.15, -0.1) is 10.2 Å². The fourth-order valence-corrected chi connectivity index (χ4v) is 5.82. The number of thioether (sulfide) groups is 1. The lowest BCUT2D eigenvalue weighted by atomic mass is 9.49. The standard InChI is InChI=1S/C17H24N2O3S/c1-10(2)21-14(20)9-23-16-19-18-15(22-16)17-6-11-3-12(7-17)5-13(4-11)8-17/h10-13H,3-9H2,1-2H3. The van der Waals surface area contributed by atoms with Gasteiger partial charge in [-0.2, -0.15) is 0 Å². The lowest BCUT2D eigenvalue weighted by molar-refractivity contribution is -0.144. The van der Waals surface area contributed by atoms with Crippen LogP contribution in [0.5, 0.6) is 0 Å². The van der Waals surface area contributed by atoms with Crippen LogP contribution in [-0.2, 0) is 14.9 Å². The van der Waals surface area contributed by atoms with Crippen LogP contribution < -0.4 is 0 Å². The minimum Gasteiger partial charge on any atom is -0.462 e. The van der Waals surface area contributed by atoms with Crippen molar-refractivity contribution in [1.82, 2.24) is 10.2 Å². The molecule has 1 aromatic heterocycles. The molecule has 4 bridgehead atoms. The zero-order valence-electron chi connectivity index (χ0n) is 13.8. The van der Waals surface area contributed by atoms with Crippen LogP contribution >= 0.6 is 11.8 Å². The lowest BCUT2D eigenvalue weighted by Gasteiger charge is -2.55. The Morgan fingerprint density at radius 2 is 1.83 bits per heavy atom. The van der Waals surface area contributed by atoms with E-state index in [4.69, 9.17) is 9.15 Å². The van der Waals surface area contributed by atoms with E-state index in [1.54, 1.807) is 0 Å². The predicted molar refractivity (Wildman–Crippen MR) is 86.1 cm³/mol. The molecule has 0 N–H and O–H groups in total. The van der Waals surface area contributed by atoms with Crippen molar-refractivity contribution >= 4 is 17.7 Å². The van der Waals surface area contributed by atoms with Crippen LogP contribution in [0.4, 0.5) is 0 Å². The molecule has 5 nitrogen and oxygen atoms in total. The Hall–Kier alpha value is -1.04. The normalized spacial score (nSPS) is 35.0. The molecule has 4 saturated carbocycles. The van der Waals surface area contributed by atoms with Crippen LogP contribution in [0.25, 0.3) is 0 Å². The molecule has 4 aliphatic rings. The second kappa shape index (κ2) is 5.80. The van der Waals surface area contributed by atoms with Gasteiger partial charge in [-0.1, -0.05) is 11.8 Å². The van der Waals surface area contributed by atoms with Gasteiger partial charge in [-0.3, -0.25) is 4.79 Å². The van der Waals surface area contributed by atoms with E-state index in [0.717, 1.165) is 23.6 Å². The van der Waals surface area contributed by atoms with Crippen LogP contribution in [0.1, 0.15) is 58.3 Å². The molecular formula is C17H24N2O3S. The molecule has 4 fully saturated rings. The maximum Gasteiger partial charge on any atom is 0.316 e. The SMILES string of the molecule is CC(C)OC(=O)CSc1nnc(C23CC4CC(CC(C4)C2)C3)o1. The van der Waals surface area contributed by atoms with Crippen molar-refractivity contribution in [2.75, 3.05) is 5.75 Å². The van der Waals surface area contributed by atoms with Gasteiger partial charge < -0.3 is 9.15 Å². The van der Waals surface area contributed by atoms with Crippen LogP contribution in [-0.4, -0.2) is 28.0 Å². The molecule has 0 radical (unpaired) electrons. The number of carbonyl (C=O) groups excluding carboxylic acids is 1. The maximum atomic E-state index is 11.6. The Bertz CT molecular complexity index is 563. The van der Waals surface area contributed by atoms with Gasteiger partial charge in [0.2, 0.25) is 5.89 Å². The summed E-state index contributed by atoms with van der Waals surface area (Å²) in [7, 11) is 0. The summed E-state index contributed by atoms with van der Waals surface area (Å²) >= 11 is 1.28. The van der Waals surface area contributed by atoms with E-state index in [9.17, 15) is 4.79 Å². The summed E-state index contributed by atoms with van der Waals surface area (Å²) in [5, 5.41) is 9.02. The monoisotopic (exact) mass is 336 g/mol. The molecule has 6 heteroatoms. The molecule has 1 aromatic rings. The number of hydrogen-bond acceptors (Lipinski definition) is 6. The summed E-state index contributed by atoms with van der Waals surface area (Å²) in [5.74, 6) is 3.36. The number of nitrogens with zero attached hydrogens (tertiary/aromatic N) is 2. The summed E-state index contributed by atoms with van der Waals surface area (Å²) in [5.41, 5.74) is 0.124. The quantitative estimate of drug-likeness (QED) is 0.605. The van der Waals surface area contributed by atoms with E-state index >= 15 is 0 Å². The Kier molecular flexibility index (Phi) is 3.90. The highest BCUT2D eigenvalue weighted by Crippen LogP contribution is 2.60. The van der Waals surface area contributed by atoms with Crippen molar-refractivity contribution in [3.05, 3.63) is 5.89 Å². The zero-order chi connectivity index (χ0) is 16.0. The molecular weight excluding hydrogens is 312 g/mol. The molecule has 0 spiro atoms. The van der Waals surface area contributed by atoms with Crippen molar-refractivity contribution in [3.63, 3.8) is 0 Å². The van der Waals surface area contributed by atoms with E-state index in [-0.39, 0.29) is 23.2 Å². The van der Waals surface area contributed by atoms with Crippen molar-refractivity contribution < 1.29 is 13.9 Å². The molecule has 1 heterocycles. The molecule has 0 saturated heterocycles. The molecule has 0 aromatic carbocycles. The summed E-state index contributed by atoms with van der Waals surface area (Å²) < 4.78 is 11.1. The van der Waals surface area contributed by atoms with E-state index in [2.05, 4.69) is 10.2 Å². The first kappa shape index (κ1) is 15.5. The third-order valence-electron chi connectivity index (χ3n) is 5.58. The fraction of sp³-hybridized carbons (Fsp3) is 0.824. The van der Waals surface area contributed by atoms with E-state index in [1.165, 1.54) is 50.3 Å². The second-order valence-corrected chi connectivity index (χ2v) is 8.82. The molecule has 0 atom stereocenters. The first-order valence-corrected chi connectivity index (χ1v) is 9.67. The Balaban J connectivity index is 1.43. The second-order valence-electron chi connectivity index (χ2n) is 7.90. The first-order chi connectivity index (χ1) is 11.0. The number of esters is 1. The zero-order valence-corrected chi connectivity index (χ0v) is 14.6. The molecule has 0 amide bonds. The highest BCUT2D eigenvalue weighted by Gasteiger charge is 2.54. The Morgan fingerprint density at radius 1 is 1.22 bits per heavy atom. The summed E-state index contributed by atoms with van der Waals surface area (Å²) in [4.78, 5) is 11.6. The molecule has 126 valence electrons. The smallest absolute Gasteiger partial charge is 0.316 e. The largest absolute Gasteiger partial charge is 0.462 e. The first-order valence-electron chi connectivity index (χ1n) is 8.69. The number of ether oxygens (including phenoxy) is 1. The van der Waals surface area contributed by atoms with Crippen molar-refractivity contribution in [2.24, 2.45) is 17.8 Å². The molecule has 5 rings (SSSR count). The fourth-order valence-electron chi connectivity index (χ4n) is 5.27. The van der Waals surface area contributed by atoms with Crippen LogP contribution in [0, 0.1) is 17.8 Å². The third-order valence-corrected chi connectivity index (χ3v) is 6.37. The van der Waals surface area contributed by atoms with Gasteiger partial charge in [0.1, 0.15) is 5.75 Å². The summed E-state index contributed by atoms with van der Waals surface area (Å²) in [6.45, 7) is 3.70. The van der Waals surface area contributed by atoms with Crippen LogP contribution in [0.15, 0.2) is 9.64 Å². The predicted octanol–water partition coefficient (Wildman–Crippen LogP) is 3.58. The van der Waals surface area contributed by atoms with Gasteiger partial charge in [0, 0.05) is 5.41 Å². The van der Waals surface area contributed by atoms with E-state index in [0.29, 0.717) is 5.22 Å². The average Bonchev–Trinajstić information content (AvgIpc) is 2.92. The van der Waals surface area contributed by atoms with Gasteiger partial charge in [-0.25, -0.2) is 0 Å². The van der Waals surface area contributed by atoms with Gasteiger partial charge >= 0.3 is 5.97 Å². The lowest BCUT2D eigenvalue weighted by Crippen LogP contribution is -2.48. The number of rotatable bonds is 5. The number of aromatic nitrogens is 2. The summed E-state index contributed by atoms with van der Waals surface area (Å²) in [6, 6.07) is 0. The molecule has 0 unspecified atom stereocenters. The Labute approximate surface area is 140 Å². The maximum absolute atomic E-state index is 11.6. The number of hydrogen-bond donors (Lipinski definition) is 0. The van der Waals surface area contributed by atoms with E-state index in [1.807, 2.05) is 13.8 Å². The number of carbonyl (C=O) groups is 1. The van der Waals surface area contributed by atoms with Gasteiger partial charge in [0.05, 0.1) is 6.10 Å². The summed E-state index contributed by atoms with van der Waals surface area (Å²) in [6.07, 6.45) is 7.73. The molecule has 23 heavy (non-hydrogen) atoms. The molecule has 4 aliphatic carbocycles. The van der Waals surface area contributed by atoms with Crippen molar-refractivity contribution in [3.8, 4) is 0 Å². The van der Waals surface area contributed by atoms with E-state index < -0.39 is 0 Å². The Morgan fingerprint density at radius 3 is 2.39 bits per heavy atom. The minimum atomic E-state index is -0.237. The van der Waals surface area contributed by atoms with Gasteiger partial charge in [0.25, 0.3) is 5.22 Å². The van der Waals surface area contributed by atoms with Gasteiger partial charge in [0.15, 0.2) is 0 Å².